The first-order valence-electron chi connectivity index (χ1n) is 11.3. The van der Waals surface area contributed by atoms with Crippen molar-refractivity contribution in [2.24, 2.45) is 21.8 Å². The van der Waals surface area contributed by atoms with E-state index in [1.165, 1.54) is 15.0 Å². The van der Waals surface area contributed by atoms with Crippen LogP contribution in [0, 0.1) is 20.6 Å². The molecule has 3 atom stereocenters. The van der Waals surface area contributed by atoms with Gasteiger partial charge in [0.25, 0.3) is 0 Å². The maximum atomic E-state index is 12.0. The van der Waals surface area contributed by atoms with Crippen molar-refractivity contribution in [3.63, 3.8) is 0 Å². The van der Waals surface area contributed by atoms with Crippen LogP contribution in [0.4, 0.5) is 0 Å². The fourth-order valence-corrected chi connectivity index (χ4v) is 3.92. The Kier molecular flexibility index (Phi) is 14.2. The number of nitroso groups, excluding NO2 is 3. The van der Waals surface area contributed by atoms with Crippen LogP contribution in [-0.2, 0) is 12.8 Å². The van der Waals surface area contributed by atoms with Crippen molar-refractivity contribution in [3.05, 3.63) is 86.5 Å². The standard InChI is InChI=1S/C24H34N6O3.Na/c1-4-20(2)24(29(26-32)16-15-21-11-7-5-8-12-21)19-30(27-33)23(18-28(3)25-31)17-22-13-9-6-10-14-22;/h5-14,20,23-24H,4,15-19H2,1-3H3;/q;+1/t20?,23-,24+;/m0./s1. The number of hydrogen-bond donors (Lipinski definition) is 0. The maximum Gasteiger partial charge on any atom is 1.00 e. The monoisotopic (exact) mass is 477 g/mol. The Hall–Kier alpha value is -2.36. The van der Waals surface area contributed by atoms with Gasteiger partial charge in [-0.2, -0.15) is 0 Å². The van der Waals surface area contributed by atoms with Crippen molar-refractivity contribution in [1.82, 2.24) is 15.0 Å². The van der Waals surface area contributed by atoms with Crippen LogP contribution in [0.2, 0.25) is 0 Å². The smallest absolute Gasteiger partial charge is 0.262 e. The zero-order valence-corrected chi connectivity index (χ0v) is 22.7. The average molecular weight is 478 g/mol. The van der Waals surface area contributed by atoms with Gasteiger partial charge in [0.1, 0.15) is 0 Å². The first kappa shape index (κ1) is 29.7. The summed E-state index contributed by atoms with van der Waals surface area (Å²) in [6, 6.07) is 18.9. The van der Waals surface area contributed by atoms with Gasteiger partial charge in [0, 0.05) is 13.6 Å². The fraction of sp³-hybridized carbons (Fsp3) is 0.500. The summed E-state index contributed by atoms with van der Waals surface area (Å²) in [6.45, 7) is 4.98. The van der Waals surface area contributed by atoms with Crippen LogP contribution in [-0.4, -0.2) is 53.8 Å². The second-order valence-corrected chi connectivity index (χ2v) is 8.40. The van der Waals surface area contributed by atoms with E-state index in [0.29, 0.717) is 19.4 Å². The van der Waals surface area contributed by atoms with E-state index in [0.717, 1.165) is 17.5 Å². The van der Waals surface area contributed by atoms with E-state index < -0.39 is 0 Å². The SMILES string of the molecule is CCC(C)[C@@H](CN(N=O)[C@@H](Cc1ccccc1)CN(C)N=O)N(CCc1ccccc1)N=O.[Na+]. The summed E-state index contributed by atoms with van der Waals surface area (Å²) >= 11 is 0. The van der Waals surface area contributed by atoms with Crippen molar-refractivity contribution in [2.45, 2.75) is 45.2 Å². The van der Waals surface area contributed by atoms with Crippen molar-refractivity contribution in [3.8, 4) is 0 Å². The van der Waals surface area contributed by atoms with Crippen LogP contribution in [0.3, 0.4) is 0 Å². The molecule has 0 saturated heterocycles. The summed E-state index contributed by atoms with van der Waals surface area (Å²) < 4.78 is 0. The molecule has 34 heavy (non-hydrogen) atoms. The van der Waals surface area contributed by atoms with Gasteiger partial charge in [-0.3, -0.25) is 15.0 Å². The molecule has 0 aliphatic rings. The Morgan fingerprint density at radius 1 is 0.794 bits per heavy atom. The molecule has 0 heterocycles. The van der Waals surface area contributed by atoms with Gasteiger partial charge in [-0.1, -0.05) is 80.9 Å². The maximum absolute atomic E-state index is 12.0. The molecule has 0 aliphatic heterocycles. The van der Waals surface area contributed by atoms with Gasteiger partial charge in [-0.25, -0.2) is 0 Å². The molecule has 2 rings (SSSR count). The Bertz CT molecular complexity index is 845. The van der Waals surface area contributed by atoms with Crippen molar-refractivity contribution in [1.29, 1.82) is 0 Å². The molecular formula is C24H34N6NaO3+. The normalized spacial score (nSPS) is 13.0. The summed E-state index contributed by atoms with van der Waals surface area (Å²) in [4.78, 5) is 34.8. The average Bonchev–Trinajstić information content (AvgIpc) is 2.86. The second kappa shape index (κ2) is 16.3. The van der Waals surface area contributed by atoms with Crippen LogP contribution < -0.4 is 29.6 Å². The Morgan fingerprint density at radius 3 is 1.85 bits per heavy atom. The van der Waals surface area contributed by atoms with Gasteiger partial charge in [-0.15, -0.1) is 14.7 Å². The van der Waals surface area contributed by atoms with Gasteiger partial charge in [0.15, 0.2) is 0 Å². The van der Waals surface area contributed by atoms with E-state index in [9.17, 15) is 14.7 Å². The first-order valence-corrected chi connectivity index (χ1v) is 11.3. The van der Waals surface area contributed by atoms with E-state index >= 15 is 0 Å². The van der Waals surface area contributed by atoms with Crippen LogP contribution in [0.25, 0.3) is 0 Å². The van der Waals surface area contributed by atoms with Gasteiger partial charge < -0.3 is 0 Å². The van der Waals surface area contributed by atoms with Crippen LogP contribution in [0.15, 0.2) is 76.5 Å². The number of hydrogen-bond acceptors (Lipinski definition) is 6. The van der Waals surface area contributed by atoms with Gasteiger partial charge in [-0.05, 0) is 29.9 Å². The molecule has 0 spiro atoms. The number of likely N-dealkylation sites (N-methyl/N-ethyl adjacent to an activating group) is 1. The zero-order valence-electron chi connectivity index (χ0n) is 20.7. The molecule has 1 unspecified atom stereocenters. The molecule has 0 N–H and O–H groups in total. The van der Waals surface area contributed by atoms with Crippen LogP contribution >= 0.6 is 0 Å². The molecular weight excluding hydrogens is 443 g/mol. The minimum Gasteiger partial charge on any atom is -0.262 e. The molecule has 0 saturated carbocycles. The van der Waals surface area contributed by atoms with Crippen LogP contribution in [0.5, 0.6) is 0 Å². The Morgan fingerprint density at radius 2 is 1.35 bits per heavy atom. The van der Waals surface area contributed by atoms with Crippen molar-refractivity contribution < 1.29 is 29.6 Å². The Balaban J connectivity index is 0.00000578. The molecule has 0 bridgehead atoms. The predicted octanol–water partition coefficient (Wildman–Crippen LogP) is 1.84. The van der Waals surface area contributed by atoms with Gasteiger partial charge in [0.2, 0.25) is 0 Å². The molecule has 9 nitrogen and oxygen atoms in total. The summed E-state index contributed by atoms with van der Waals surface area (Å²) in [5, 5.41) is 13.8. The summed E-state index contributed by atoms with van der Waals surface area (Å²) in [7, 11) is 1.57. The third kappa shape index (κ3) is 9.48. The van der Waals surface area contributed by atoms with Gasteiger partial charge >= 0.3 is 29.6 Å². The van der Waals surface area contributed by atoms with E-state index in [2.05, 4.69) is 15.9 Å². The summed E-state index contributed by atoms with van der Waals surface area (Å²) in [5.74, 6) is 0.0991. The third-order valence-electron chi connectivity index (χ3n) is 6.09. The molecule has 0 fully saturated rings. The van der Waals surface area contributed by atoms with E-state index in [1.807, 2.05) is 74.5 Å². The largest absolute Gasteiger partial charge is 1.00 e. The van der Waals surface area contributed by atoms with Crippen molar-refractivity contribution >= 4 is 0 Å². The van der Waals surface area contributed by atoms with E-state index in [1.54, 1.807) is 7.05 Å². The zero-order chi connectivity index (χ0) is 24.1. The van der Waals surface area contributed by atoms with Crippen molar-refractivity contribution in [2.75, 3.05) is 26.7 Å². The molecule has 2 aromatic carbocycles. The predicted molar refractivity (Wildman–Crippen MR) is 131 cm³/mol. The second-order valence-electron chi connectivity index (χ2n) is 8.40. The molecule has 0 aliphatic carbocycles. The molecule has 0 radical (unpaired) electrons. The summed E-state index contributed by atoms with van der Waals surface area (Å²) in [5.41, 5.74) is 2.13. The van der Waals surface area contributed by atoms with E-state index in [4.69, 9.17) is 0 Å². The molecule has 10 heteroatoms. The minimum atomic E-state index is -0.387. The number of rotatable bonds is 16. The van der Waals surface area contributed by atoms with E-state index in [-0.39, 0.29) is 60.6 Å². The van der Waals surface area contributed by atoms with Crippen LogP contribution in [0.1, 0.15) is 31.4 Å². The number of benzene rings is 2. The molecule has 0 aromatic heterocycles. The summed E-state index contributed by atoms with van der Waals surface area (Å²) in [6.07, 6.45) is 1.99. The van der Waals surface area contributed by atoms with Gasteiger partial charge in [0.05, 0.1) is 41.0 Å². The Labute approximate surface area is 224 Å². The topological polar surface area (TPSA) is 98.0 Å². The quantitative estimate of drug-likeness (QED) is 0.208. The first-order chi connectivity index (χ1) is 16.0. The third-order valence-corrected chi connectivity index (χ3v) is 6.09. The molecule has 178 valence electrons. The molecule has 2 aromatic rings. The fourth-order valence-electron chi connectivity index (χ4n) is 3.92. The number of nitrogens with zero attached hydrogens (tertiary/aromatic N) is 6. The minimum absolute atomic E-state index is 0. The molecule has 0 amide bonds.